The number of nitrogens with one attached hydrogen (secondary N) is 1. The number of carbonyl (C=O) groups is 1. The van der Waals surface area contributed by atoms with E-state index in [-0.39, 0.29) is 17.5 Å². The lowest BCUT2D eigenvalue weighted by Gasteiger charge is -2.29. The predicted molar refractivity (Wildman–Crippen MR) is 58.2 cm³/mol. The monoisotopic (exact) mass is 201 g/mol. The lowest BCUT2D eigenvalue weighted by Crippen LogP contribution is -2.31. The SMILES string of the molecule is CCC(OC(=O)CCNC)C(C)(C)C. The van der Waals surface area contributed by atoms with Gasteiger partial charge in [-0.15, -0.1) is 0 Å². The molecule has 0 aromatic heterocycles. The van der Waals surface area contributed by atoms with E-state index in [1.165, 1.54) is 0 Å². The van der Waals surface area contributed by atoms with Crippen LogP contribution in [0.1, 0.15) is 40.5 Å². The van der Waals surface area contributed by atoms with E-state index >= 15 is 0 Å². The molecule has 0 bridgehead atoms. The maximum absolute atomic E-state index is 11.4. The Hall–Kier alpha value is -0.570. The summed E-state index contributed by atoms with van der Waals surface area (Å²) >= 11 is 0. The van der Waals surface area contributed by atoms with Crippen molar-refractivity contribution < 1.29 is 9.53 Å². The van der Waals surface area contributed by atoms with Crippen molar-refractivity contribution in [1.82, 2.24) is 5.32 Å². The molecule has 1 atom stereocenters. The fraction of sp³-hybridized carbons (Fsp3) is 0.909. The third-order valence-corrected chi connectivity index (χ3v) is 2.19. The molecular weight excluding hydrogens is 178 g/mol. The van der Waals surface area contributed by atoms with Gasteiger partial charge >= 0.3 is 5.97 Å². The van der Waals surface area contributed by atoms with Crippen LogP contribution in [-0.4, -0.2) is 25.7 Å². The van der Waals surface area contributed by atoms with E-state index in [1.54, 1.807) is 0 Å². The van der Waals surface area contributed by atoms with Crippen LogP contribution in [0.4, 0.5) is 0 Å². The summed E-state index contributed by atoms with van der Waals surface area (Å²) in [5.41, 5.74) is 0.0318. The van der Waals surface area contributed by atoms with E-state index in [0.717, 1.165) is 6.42 Å². The van der Waals surface area contributed by atoms with Crippen molar-refractivity contribution in [2.24, 2.45) is 5.41 Å². The van der Waals surface area contributed by atoms with Gasteiger partial charge in [0.2, 0.25) is 0 Å². The highest BCUT2D eigenvalue weighted by Gasteiger charge is 2.26. The number of hydrogen-bond donors (Lipinski definition) is 1. The van der Waals surface area contributed by atoms with Gasteiger partial charge in [-0.05, 0) is 18.9 Å². The lowest BCUT2D eigenvalue weighted by atomic mass is 9.87. The third kappa shape index (κ3) is 5.22. The van der Waals surface area contributed by atoms with Crippen molar-refractivity contribution in [3.8, 4) is 0 Å². The van der Waals surface area contributed by atoms with Crippen LogP contribution in [0.5, 0.6) is 0 Å². The second-order valence-corrected chi connectivity index (χ2v) is 4.61. The molecule has 0 aromatic rings. The van der Waals surface area contributed by atoms with Gasteiger partial charge in [-0.25, -0.2) is 0 Å². The molecular formula is C11H23NO2. The molecule has 0 saturated carbocycles. The third-order valence-electron chi connectivity index (χ3n) is 2.19. The maximum Gasteiger partial charge on any atom is 0.307 e. The van der Waals surface area contributed by atoms with Crippen LogP contribution in [0.3, 0.4) is 0 Å². The summed E-state index contributed by atoms with van der Waals surface area (Å²) in [7, 11) is 1.83. The first-order valence-corrected chi connectivity index (χ1v) is 5.26. The van der Waals surface area contributed by atoms with Gasteiger partial charge in [0.05, 0.1) is 6.42 Å². The molecule has 3 heteroatoms. The Labute approximate surface area is 87.2 Å². The summed E-state index contributed by atoms with van der Waals surface area (Å²) in [4.78, 5) is 11.4. The van der Waals surface area contributed by atoms with Crippen molar-refractivity contribution in [3.05, 3.63) is 0 Å². The molecule has 3 nitrogen and oxygen atoms in total. The minimum absolute atomic E-state index is 0.0202. The summed E-state index contributed by atoms with van der Waals surface area (Å²) in [6.07, 6.45) is 1.34. The van der Waals surface area contributed by atoms with Crippen LogP contribution < -0.4 is 5.32 Å². The molecule has 84 valence electrons. The zero-order chi connectivity index (χ0) is 11.2. The summed E-state index contributed by atoms with van der Waals surface area (Å²) in [5, 5.41) is 2.93. The van der Waals surface area contributed by atoms with E-state index in [1.807, 2.05) is 14.0 Å². The summed E-state index contributed by atoms with van der Waals surface area (Å²) in [6.45, 7) is 8.99. The van der Waals surface area contributed by atoms with Gasteiger partial charge in [0.15, 0.2) is 0 Å². The molecule has 0 aliphatic carbocycles. The topological polar surface area (TPSA) is 38.3 Å². The van der Waals surface area contributed by atoms with Crippen LogP contribution in [0.2, 0.25) is 0 Å². The zero-order valence-corrected chi connectivity index (χ0v) is 10.0. The van der Waals surface area contributed by atoms with Gasteiger partial charge in [-0.1, -0.05) is 27.7 Å². The largest absolute Gasteiger partial charge is 0.462 e. The van der Waals surface area contributed by atoms with Crippen molar-refractivity contribution >= 4 is 5.97 Å². The number of carbonyl (C=O) groups excluding carboxylic acids is 1. The number of hydrogen-bond acceptors (Lipinski definition) is 3. The highest BCUT2D eigenvalue weighted by Crippen LogP contribution is 2.24. The Balaban J connectivity index is 4.00. The molecule has 1 N–H and O–H groups in total. The molecule has 0 heterocycles. The van der Waals surface area contributed by atoms with Crippen molar-refractivity contribution in [1.29, 1.82) is 0 Å². The molecule has 0 aromatic carbocycles. The Morgan fingerprint density at radius 3 is 2.36 bits per heavy atom. The number of esters is 1. The summed E-state index contributed by atoms with van der Waals surface area (Å²) in [5.74, 6) is -0.110. The quantitative estimate of drug-likeness (QED) is 0.691. The van der Waals surface area contributed by atoms with Crippen LogP contribution in [0.25, 0.3) is 0 Å². The fourth-order valence-electron chi connectivity index (χ4n) is 1.32. The molecule has 0 radical (unpaired) electrons. The fourth-order valence-corrected chi connectivity index (χ4v) is 1.32. The highest BCUT2D eigenvalue weighted by molar-refractivity contribution is 5.69. The van der Waals surface area contributed by atoms with Crippen molar-refractivity contribution in [2.45, 2.75) is 46.6 Å². The normalized spacial score (nSPS) is 13.8. The minimum Gasteiger partial charge on any atom is -0.462 e. The molecule has 1 unspecified atom stereocenters. The van der Waals surface area contributed by atoms with E-state index < -0.39 is 0 Å². The second-order valence-electron chi connectivity index (χ2n) is 4.61. The van der Waals surface area contributed by atoms with E-state index in [9.17, 15) is 4.79 Å². The average molecular weight is 201 g/mol. The molecule has 0 spiro atoms. The first-order chi connectivity index (χ1) is 6.41. The first-order valence-electron chi connectivity index (χ1n) is 5.26. The van der Waals surface area contributed by atoms with E-state index in [4.69, 9.17) is 4.74 Å². The maximum atomic E-state index is 11.4. The molecule has 0 fully saturated rings. The Kier molecular flexibility index (Phi) is 5.77. The van der Waals surface area contributed by atoms with Gasteiger partial charge in [-0.2, -0.15) is 0 Å². The van der Waals surface area contributed by atoms with Crippen molar-refractivity contribution in [2.75, 3.05) is 13.6 Å². The number of rotatable bonds is 5. The smallest absolute Gasteiger partial charge is 0.307 e. The zero-order valence-electron chi connectivity index (χ0n) is 10.0. The average Bonchev–Trinajstić information content (AvgIpc) is 2.08. The molecule has 0 aliphatic rings. The standard InChI is InChI=1S/C11H23NO2/c1-6-9(11(2,3)4)14-10(13)7-8-12-5/h9,12H,6-8H2,1-5H3. The molecule has 14 heavy (non-hydrogen) atoms. The first kappa shape index (κ1) is 13.4. The Bertz CT molecular complexity index is 173. The van der Waals surface area contributed by atoms with E-state index in [2.05, 4.69) is 26.1 Å². The van der Waals surface area contributed by atoms with Crippen LogP contribution in [-0.2, 0) is 9.53 Å². The Morgan fingerprint density at radius 2 is 2.00 bits per heavy atom. The van der Waals surface area contributed by atoms with Crippen molar-refractivity contribution in [3.63, 3.8) is 0 Å². The molecule has 0 rings (SSSR count). The lowest BCUT2D eigenvalue weighted by molar-refractivity contribution is -0.154. The van der Waals surface area contributed by atoms with Crippen LogP contribution in [0.15, 0.2) is 0 Å². The van der Waals surface area contributed by atoms with Gasteiger partial charge in [-0.3, -0.25) is 4.79 Å². The highest BCUT2D eigenvalue weighted by atomic mass is 16.5. The minimum atomic E-state index is -0.110. The molecule has 0 amide bonds. The number of ether oxygens (including phenoxy) is 1. The van der Waals surface area contributed by atoms with Gasteiger partial charge in [0.1, 0.15) is 6.10 Å². The van der Waals surface area contributed by atoms with Gasteiger partial charge in [0.25, 0.3) is 0 Å². The van der Waals surface area contributed by atoms with Crippen LogP contribution in [0, 0.1) is 5.41 Å². The predicted octanol–water partition coefficient (Wildman–Crippen LogP) is 1.96. The molecule has 0 aliphatic heterocycles. The molecule has 0 saturated heterocycles. The van der Waals surface area contributed by atoms with Crippen LogP contribution >= 0.6 is 0 Å². The second kappa shape index (κ2) is 6.02. The Morgan fingerprint density at radius 1 is 1.43 bits per heavy atom. The summed E-state index contributed by atoms with van der Waals surface area (Å²) < 4.78 is 5.39. The van der Waals surface area contributed by atoms with Gasteiger partial charge < -0.3 is 10.1 Å². The van der Waals surface area contributed by atoms with E-state index in [0.29, 0.717) is 13.0 Å². The summed E-state index contributed by atoms with van der Waals surface area (Å²) in [6, 6.07) is 0. The van der Waals surface area contributed by atoms with Gasteiger partial charge in [0, 0.05) is 6.54 Å².